The van der Waals surface area contributed by atoms with E-state index in [-0.39, 0.29) is 24.0 Å². The van der Waals surface area contributed by atoms with Gasteiger partial charge in [-0.05, 0) is 35.9 Å². The molecule has 0 fully saturated rings. The average Bonchev–Trinajstić information content (AvgIpc) is 3.18. The number of thioether (sulfide) groups is 1. The topological polar surface area (TPSA) is 54.2 Å². The summed E-state index contributed by atoms with van der Waals surface area (Å²) in [6.07, 6.45) is 6.85. The van der Waals surface area contributed by atoms with Gasteiger partial charge in [0.15, 0.2) is 5.96 Å². The zero-order valence-corrected chi connectivity index (χ0v) is 20.9. The molecular weight excluding hydrogens is 505 g/mol. The Labute approximate surface area is 200 Å². The van der Waals surface area contributed by atoms with E-state index in [0.29, 0.717) is 0 Å². The first-order chi connectivity index (χ1) is 14.2. The monoisotopic (exact) mass is 535 g/mol. The molecule has 0 atom stereocenters. The van der Waals surface area contributed by atoms with Crippen molar-refractivity contribution in [1.82, 2.24) is 20.2 Å². The fourth-order valence-electron chi connectivity index (χ4n) is 3.18. The Morgan fingerprint density at radius 1 is 1.13 bits per heavy atom. The number of hydrogen-bond acceptors (Lipinski definition) is 3. The minimum absolute atomic E-state index is 0. The molecule has 5 nitrogen and oxygen atoms in total. The maximum absolute atomic E-state index is 4.52. The van der Waals surface area contributed by atoms with Gasteiger partial charge in [0, 0.05) is 50.4 Å². The first-order valence-electron chi connectivity index (χ1n) is 9.81. The molecule has 3 aromatic rings. The van der Waals surface area contributed by atoms with Crippen LogP contribution in [-0.4, -0.2) is 35.4 Å². The normalized spacial score (nSPS) is 11.1. The van der Waals surface area contributed by atoms with Crippen LogP contribution in [0, 0.1) is 6.92 Å². The van der Waals surface area contributed by atoms with Crippen molar-refractivity contribution in [1.29, 1.82) is 0 Å². The van der Waals surface area contributed by atoms with E-state index in [0.717, 1.165) is 37.8 Å². The summed E-state index contributed by atoms with van der Waals surface area (Å²) in [5.74, 6) is 1.87. The van der Waals surface area contributed by atoms with Gasteiger partial charge < -0.3 is 15.2 Å². The van der Waals surface area contributed by atoms with E-state index in [1.807, 2.05) is 18.5 Å². The Morgan fingerprint density at radius 3 is 2.67 bits per heavy atom. The van der Waals surface area contributed by atoms with Crippen LogP contribution in [0.15, 0.2) is 70.8 Å². The Balaban J connectivity index is 0.00000320. The molecule has 1 aromatic heterocycles. The number of imidazole rings is 1. The van der Waals surface area contributed by atoms with Crippen molar-refractivity contribution in [2.45, 2.75) is 31.3 Å². The fourth-order valence-corrected chi connectivity index (χ4v) is 3.89. The SMILES string of the molecule is CN=C(NCCc1nccn1Cc1ccccc1)NCc1ccc(C)cc1SC.I. The lowest BCUT2D eigenvalue weighted by Crippen LogP contribution is -2.38. The zero-order valence-electron chi connectivity index (χ0n) is 17.8. The van der Waals surface area contributed by atoms with Gasteiger partial charge >= 0.3 is 0 Å². The number of aryl methyl sites for hydroxylation is 1. The van der Waals surface area contributed by atoms with Crippen molar-refractivity contribution in [2.75, 3.05) is 19.8 Å². The molecule has 0 spiro atoms. The second kappa shape index (κ2) is 12.6. The highest BCUT2D eigenvalue weighted by Gasteiger charge is 2.06. The number of aliphatic imine (C=N–C) groups is 1. The summed E-state index contributed by atoms with van der Waals surface area (Å²) in [6, 6.07) is 17.0. The maximum atomic E-state index is 4.52. The molecule has 0 bridgehead atoms. The smallest absolute Gasteiger partial charge is 0.191 e. The molecule has 0 radical (unpaired) electrons. The Kier molecular flexibility index (Phi) is 10.2. The van der Waals surface area contributed by atoms with Gasteiger partial charge in [0.1, 0.15) is 5.82 Å². The summed E-state index contributed by atoms with van der Waals surface area (Å²) < 4.78 is 2.20. The molecular formula is C23H30IN5S. The quantitative estimate of drug-likeness (QED) is 0.193. The molecule has 30 heavy (non-hydrogen) atoms. The lowest BCUT2D eigenvalue weighted by Gasteiger charge is -2.14. The van der Waals surface area contributed by atoms with Crippen molar-refractivity contribution in [3.8, 4) is 0 Å². The van der Waals surface area contributed by atoms with E-state index in [1.165, 1.54) is 21.6 Å². The second-order valence-electron chi connectivity index (χ2n) is 6.87. The molecule has 0 unspecified atom stereocenters. The van der Waals surface area contributed by atoms with E-state index < -0.39 is 0 Å². The number of hydrogen-bond donors (Lipinski definition) is 2. The molecule has 0 aliphatic heterocycles. The number of nitrogens with one attached hydrogen (secondary N) is 2. The summed E-state index contributed by atoms with van der Waals surface area (Å²) in [7, 11) is 1.80. The molecule has 160 valence electrons. The summed E-state index contributed by atoms with van der Waals surface area (Å²) in [5.41, 5.74) is 3.84. The number of benzene rings is 2. The third-order valence-corrected chi connectivity index (χ3v) is 5.57. The molecule has 7 heteroatoms. The lowest BCUT2D eigenvalue weighted by atomic mass is 10.1. The Morgan fingerprint density at radius 2 is 1.93 bits per heavy atom. The highest BCUT2D eigenvalue weighted by atomic mass is 127. The number of rotatable bonds is 8. The molecule has 3 rings (SSSR count). The van der Waals surface area contributed by atoms with Crippen molar-refractivity contribution in [3.63, 3.8) is 0 Å². The first kappa shape index (κ1) is 24.3. The molecule has 0 saturated carbocycles. The molecule has 2 aromatic carbocycles. The van der Waals surface area contributed by atoms with Gasteiger partial charge in [0.2, 0.25) is 0 Å². The predicted molar refractivity (Wildman–Crippen MR) is 138 cm³/mol. The second-order valence-corrected chi connectivity index (χ2v) is 7.72. The van der Waals surface area contributed by atoms with Gasteiger partial charge in [-0.25, -0.2) is 4.98 Å². The first-order valence-corrected chi connectivity index (χ1v) is 11.0. The van der Waals surface area contributed by atoms with Crippen LogP contribution in [0.25, 0.3) is 0 Å². The van der Waals surface area contributed by atoms with Crippen molar-refractivity contribution >= 4 is 41.7 Å². The van der Waals surface area contributed by atoms with Gasteiger partial charge in [-0.15, -0.1) is 35.7 Å². The summed E-state index contributed by atoms with van der Waals surface area (Å²) in [4.78, 5) is 10.2. The number of nitrogens with zero attached hydrogens (tertiary/aromatic N) is 3. The van der Waals surface area contributed by atoms with E-state index >= 15 is 0 Å². The average molecular weight is 535 g/mol. The summed E-state index contributed by atoms with van der Waals surface area (Å²) in [6.45, 7) is 4.49. The lowest BCUT2D eigenvalue weighted by molar-refractivity contribution is 0.693. The molecule has 0 aliphatic carbocycles. The minimum Gasteiger partial charge on any atom is -0.356 e. The number of aromatic nitrogens is 2. The largest absolute Gasteiger partial charge is 0.356 e. The van der Waals surface area contributed by atoms with E-state index in [4.69, 9.17) is 0 Å². The summed E-state index contributed by atoms with van der Waals surface area (Å²) >= 11 is 1.78. The van der Waals surface area contributed by atoms with Crippen LogP contribution in [0.5, 0.6) is 0 Å². The van der Waals surface area contributed by atoms with Crippen LogP contribution < -0.4 is 10.6 Å². The van der Waals surface area contributed by atoms with Crippen molar-refractivity contribution in [3.05, 3.63) is 83.4 Å². The highest BCUT2D eigenvalue weighted by molar-refractivity contribution is 14.0. The number of guanidine groups is 1. The zero-order chi connectivity index (χ0) is 20.5. The molecule has 1 heterocycles. The predicted octanol–water partition coefficient (Wildman–Crippen LogP) is 4.49. The Hall–Kier alpha value is -2.00. The molecule has 0 aliphatic rings. The third-order valence-electron chi connectivity index (χ3n) is 4.75. The summed E-state index contributed by atoms with van der Waals surface area (Å²) in [5, 5.41) is 6.81. The fraction of sp³-hybridized carbons (Fsp3) is 0.304. The molecule has 0 amide bonds. The highest BCUT2D eigenvalue weighted by Crippen LogP contribution is 2.21. The van der Waals surface area contributed by atoms with E-state index in [9.17, 15) is 0 Å². The maximum Gasteiger partial charge on any atom is 0.191 e. The number of halogens is 1. The van der Waals surface area contributed by atoms with Crippen LogP contribution >= 0.6 is 35.7 Å². The standard InChI is InChI=1S/C23H29N5S.HI/c1-18-9-10-20(21(15-18)29-3)16-27-23(24-2)26-12-11-22-25-13-14-28(22)17-19-7-5-4-6-8-19;/h4-10,13-15H,11-12,16-17H2,1-3H3,(H2,24,26,27);1H. The van der Waals surface area contributed by atoms with Gasteiger partial charge in [0.25, 0.3) is 0 Å². The van der Waals surface area contributed by atoms with Crippen molar-refractivity contribution in [2.24, 2.45) is 4.99 Å². The van der Waals surface area contributed by atoms with E-state index in [1.54, 1.807) is 18.8 Å². The molecule has 0 saturated heterocycles. The van der Waals surface area contributed by atoms with Gasteiger partial charge in [-0.3, -0.25) is 4.99 Å². The Bertz CT molecular complexity index is 940. The van der Waals surface area contributed by atoms with E-state index in [2.05, 4.69) is 80.8 Å². The van der Waals surface area contributed by atoms with Crippen LogP contribution in [-0.2, 0) is 19.5 Å². The molecule has 2 N–H and O–H groups in total. The van der Waals surface area contributed by atoms with Crippen LogP contribution in [0.2, 0.25) is 0 Å². The van der Waals surface area contributed by atoms with Gasteiger partial charge in [-0.2, -0.15) is 0 Å². The minimum atomic E-state index is 0. The van der Waals surface area contributed by atoms with Crippen LogP contribution in [0.1, 0.15) is 22.5 Å². The van der Waals surface area contributed by atoms with Crippen molar-refractivity contribution < 1.29 is 0 Å². The van der Waals surface area contributed by atoms with Gasteiger partial charge in [0.05, 0.1) is 0 Å². The van der Waals surface area contributed by atoms with Gasteiger partial charge in [-0.1, -0.05) is 42.5 Å². The van der Waals surface area contributed by atoms with Crippen LogP contribution in [0.4, 0.5) is 0 Å². The van der Waals surface area contributed by atoms with Crippen LogP contribution in [0.3, 0.4) is 0 Å². The third kappa shape index (κ3) is 7.05.